The van der Waals surface area contributed by atoms with Crippen LogP contribution in [0.5, 0.6) is 0 Å². The Morgan fingerprint density at radius 1 is 1.57 bits per heavy atom. The van der Waals surface area contributed by atoms with Crippen LogP contribution >= 0.6 is 15.9 Å². The normalized spacial score (nSPS) is 17.9. The lowest BCUT2D eigenvalue weighted by Gasteiger charge is -2.10. The van der Waals surface area contributed by atoms with E-state index in [1.54, 1.807) is 13.1 Å². The zero-order valence-corrected chi connectivity index (χ0v) is 9.67. The minimum absolute atomic E-state index is 0.0531. The molecule has 2 rings (SSSR count). The van der Waals surface area contributed by atoms with E-state index in [-0.39, 0.29) is 5.41 Å². The van der Waals surface area contributed by atoms with Gasteiger partial charge in [-0.05, 0) is 53.7 Å². The Morgan fingerprint density at radius 2 is 2.29 bits per heavy atom. The maximum Gasteiger partial charge on any atom is 0.136 e. The highest BCUT2D eigenvalue weighted by molar-refractivity contribution is 9.10. The molecular formula is C11H12BrNO. The molecule has 1 heterocycles. The van der Waals surface area contributed by atoms with Gasteiger partial charge in [0.2, 0.25) is 0 Å². The van der Waals surface area contributed by atoms with E-state index >= 15 is 0 Å². The number of carbonyl (C=O) groups excluding carboxylic acids is 1. The predicted octanol–water partition coefficient (Wildman–Crippen LogP) is 2.76. The number of aromatic nitrogens is 1. The molecule has 3 heteroatoms. The fraction of sp³-hybridized carbons (Fsp3) is 0.455. The first-order chi connectivity index (χ1) is 6.62. The Morgan fingerprint density at radius 3 is 2.79 bits per heavy atom. The number of hydrogen-bond donors (Lipinski definition) is 0. The smallest absolute Gasteiger partial charge is 0.136 e. The highest BCUT2D eigenvalue weighted by Gasteiger charge is 2.46. The van der Waals surface area contributed by atoms with Crippen LogP contribution in [0.4, 0.5) is 0 Å². The average molecular weight is 254 g/mol. The van der Waals surface area contributed by atoms with Crippen molar-refractivity contribution in [3.8, 4) is 0 Å². The van der Waals surface area contributed by atoms with Crippen molar-refractivity contribution in [3.63, 3.8) is 0 Å². The van der Waals surface area contributed by atoms with E-state index in [9.17, 15) is 4.79 Å². The Labute approximate surface area is 91.9 Å². The summed E-state index contributed by atoms with van der Waals surface area (Å²) in [6.07, 6.45) is 6.52. The van der Waals surface area contributed by atoms with Crippen molar-refractivity contribution in [1.29, 1.82) is 0 Å². The van der Waals surface area contributed by atoms with E-state index in [0.717, 1.165) is 29.3 Å². The second-order valence-corrected chi connectivity index (χ2v) is 4.94. The molecule has 0 amide bonds. The molecule has 0 unspecified atom stereocenters. The molecule has 1 aliphatic rings. The van der Waals surface area contributed by atoms with Crippen LogP contribution < -0.4 is 0 Å². The molecule has 14 heavy (non-hydrogen) atoms. The lowest BCUT2D eigenvalue weighted by Crippen LogP contribution is -2.15. The molecule has 1 aromatic heterocycles. The zero-order chi connectivity index (χ0) is 10.2. The standard InChI is InChI=1S/C11H12BrNO/c1-8(14)11(2-3-11)5-9-4-10(12)7-13-6-9/h4,6-7H,2-3,5H2,1H3. The third-order valence-corrected chi connectivity index (χ3v) is 3.34. The number of carbonyl (C=O) groups is 1. The van der Waals surface area contributed by atoms with Gasteiger partial charge < -0.3 is 0 Å². The Hall–Kier alpha value is -0.700. The van der Waals surface area contributed by atoms with Crippen LogP contribution in [0, 0.1) is 5.41 Å². The predicted molar refractivity (Wildman–Crippen MR) is 58.0 cm³/mol. The van der Waals surface area contributed by atoms with Gasteiger partial charge in [0.1, 0.15) is 5.78 Å². The number of rotatable bonds is 3. The van der Waals surface area contributed by atoms with Crippen LogP contribution in [0.2, 0.25) is 0 Å². The molecule has 0 bridgehead atoms. The SMILES string of the molecule is CC(=O)C1(Cc2cncc(Br)c2)CC1. The highest BCUT2D eigenvalue weighted by atomic mass is 79.9. The maximum absolute atomic E-state index is 11.4. The Bertz CT molecular complexity index is 371. The lowest BCUT2D eigenvalue weighted by molar-refractivity contribution is -0.121. The van der Waals surface area contributed by atoms with Gasteiger partial charge in [-0.2, -0.15) is 0 Å². The van der Waals surface area contributed by atoms with E-state index in [0.29, 0.717) is 5.78 Å². The summed E-state index contributed by atoms with van der Waals surface area (Å²) in [6.45, 7) is 1.69. The van der Waals surface area contributed by atoms with Crippen LogP contribution in [0.1, 0.15) is 25.3 Å². The molecule has 0 aromatic carbocycles. The van der Waals surface area contributed by atoms with Gasteiger partial charge in [0.25, 0.3) is 0 Å². The van der Waals surface area contributed by atoms with Crippen molar-refractivity contribution in [2.75, 3.05) is 0 Å². The first-order valence-corrected chi connectivity index (χ1v) is 5.52. The van der Waals surface area contributed by atoms with Crippen molar-refractivity contribution < 1.29 is 4.79 Å². The summed E-state index contributed by atoms with van der Waals surface area (Å²) >= 11 is 3.38. The summed E-state index contributed by atoms with van der Waals surface area (Å²) in [4.78, 5) is 15.5. The molecule has 0 atom stereocenters. The number of pyridine rings is 1. The monoisotopic (exact) mass is 253 g/mol. The molecule has 2 nitrogen and oxygen atoms in total. The number of ketones is 1. The summed E-state index contributed by atoms with van der Waals surface area (Å²) in [5.41, 5.74) is 1.09. The molecule has 1 saturated carbocycles. The fourth-order valence-electron chi connectivity index (χ4n) is 1.75. The van der Waals surface area contributed by atoms with Crippen LogP contribution in [0.15, 0.2) is 22.9 Å². The minimum Gasteiger partial charge on any atom is -0.299 e. The number of hydrogen-bond acceptors (Lipinski definition) is 2. The number of nitrogens with zero attached hydrogens (tertiary/aromatic N) is 1. The summed E-state index contributed by atoms with van der Waals surface area (Å²) in [5, 5.41) is 0. The summed E-state index contributed by atoms with van der Waals surface area (Å²) < 4.78 is 0.981. The fourth-order valence-corrected chi connectivity index (χ4v) is 2.16. The minimum atomic E-state index is -0.0531. The molecule has 0 radical (unpaired) electrons. The molecule has 0 N–H and O–H groups in total. The molecule has 0 spiro atoms. The molecule has 1 aliphatic carbocycles. The van der Waals surface area contributed by atoms with Gasteiger partial charge >= 0.3 is 0 Å². The van der Waals surface area contributed by atoms with Gasteiger partial charge in [0.15, 0.2) is 0 Å². The van der Waals surface area contributed by atoms with Crippen LogP contribution in [0.3, 0.4) is 0 Å². The van der Waals surface area contributed by atoms with Crippen molar-refractivity contribution >= 4 is 21.7 Å². The van der Waals surface area contributed by atoms with Crippen LogP contribution in [-0.4, -0.2) is 10.8 Å². The molecule has 1 fully saturated rings. The van der Waals surface area contributed by atoms with E-state index in [1.165, 1.54) is 0 Å². The summed E-state index contributed by atoms with van der Waals surface area (Å²) in [5.74, 6) is 0.317. The maximum atomic E-state index is 11.4. The number of Topliss-reactive ketones (excluding diaryl/α,β-unsaturated/α-hetero) is 1. The van der Waals surface area contributed by atoms with E-state index < -0.39 is 0 Å². The first kappa shape index (κ1) is 9.84. The van der Waals surface area contributed by atoms with Crippen molar-refractivity contribution in [1.82, 2.24) is 4.98 Å². The second-order valence-electron chi connectivity index (χ2n) is 4.02. The van der Waals surface area contributed by atoms with Crippen LogP contribution in [-0.2, 0) is 11.2 Å². The van der Waals surface area contributed by atoms with Crippen molar-refractivity contribution in [3.05, 3.63) is 28.5 Å². The third kappa shape index (κ3) is 1.87. The molecule has 0 aliphatic heterocycles. The van der Waals surface area contributed by atoms with Gasteiger partial charge in [-0.1, -0.05) is 0 Å². The van der Waals surface area contributed by atoms with Crippen molar-refractivity contribution in [2.24, 2.45) is 5.41 Å². The summed E-state index contributed by atoms with van der Waals surface area (Å²) in [7, 11) is 0. The van der Waals surface area contributed by atoms with Gasteiger partial charge in [-0.3, -0.25) is 9.78 Å². The van der Waals surface area contributed by atoms with Gasteiger partial charge in [0.05, 0.1) is 0 Å². The Balaban J connectivity index is 2.15. The Kier molecular flexibility index (Phi) is 2.43. The third-order valence-electron chi connectivity index (χ3n) is 2.90. The molecular weight excluding hydrogens is 242 g/mol. The largest absolute Gasteiger partial charge is 0.299 e. The van der Waals surface area contributed by atoms with Gasteiger partial charge in [-0.15, -0.1) is 0 Å². The first-order valence-electron chi connectivity index (χ1n) is 4.73. The highest BCUT2D eigenvalue weighted by Crippen LogP contribution is 2.49. The number of halogens is 1. The van der Waals surface area contributed by atoms with E-state index in [1.807, 2.05) is 12.3 Å². The zero-order valence-electron chi connectivity index (χ0n) is 8.09. The van der Waals surface area contributed by atoms with E-state index in [4.69, 9.17) is 0 Å². The molecule has 74 valence electrons. The molecule has 0 saturated heterocycles. The quantitative estimate of drug-likeness (QED) is 0.830. The van der Waals surface area contributed by atoms with Crippen LogP contribution in [0.25, 0.3) is 0 Å². The van der Waals surface area contributed by atoms with Gasteiger partial charge in [-0.25, -0.2) is 0 Å². The van der Waals surface area contributed by atoms with Crippen molar-refractivity contribution in [2.45, 2.75) is 26.2 Å². The van der Waals surface area contributed by atoms with Gasteiger partial charge in [0, 0.05) is 22.3 Å². The topological polar surface area (TPSA) is 30.0 Å². The second kappa shape index (κ2) is 3.46. The summed E-state index contributed by atoms with van der Waals surface area (Å²) in [6, 6.07) is 2.04. The lowest BCUT2D eigenvalue weighted by atomic mass is 9.94. The molecule has 1 aromatic rings. The average Bonchev–Trinajstić information content (AvgIpc) is 2.85. The van der Waals surface area contributed by atoms with E-state index in [2.05, 4.69) is 20.9 Å².